The molecule has 0 bridgehead atoms. The van der Waals surface area contributed by atoms with Gasteiger partial charge in [0.15, 0.2) is 0 Å². The maximum Gasteiger partial charge on any atom is 0.336 e. The van der Waals surface area contributed by atoms with Crippen LogP contribution in [-0.2, 0) is 23.1 Å². The fourth-order valence-electron chi connectivity index (χ4n) is 1.51. The molecule has 1 N–H and O–H groups in total. The molecule has 0 spiro atoms. The van der Waals surface area contributed by atoms with E-state index in [0.717, 1.165) is 0 Å². The van der Waals surface area contributed by atoms with Crippen LogP contribution >= 0.6 is 30.8 Å². The van der Waals surface area contributed by atoms with Crippen molar-refractivity contribution in [3.05, 3.63) is 0 Å². The van der Waals surface area contributed by atoms with Gasteiger partial charge in [-0.2, -0.15) is 0 Å². The van der Waals surface area contributed by atoms with Gasteiger partial charge in [0, 0.05) is 11.8 Å². The minimum Gasteiger partial charge on any atom is -0.385 e. The Kier molecular flexibility index (Phi) is 12.4. The molecule has 0 saturated heterocycles. The molecule has 0 radical (unpaired) electrons. The smallest absolute Gasteiger partial charge is 0.336 e. The molecule has 6 nitrogen and oxygen atoms in total. The Hall–Kier alpha value is 0.610. The Bertz CT molecular complexity index is 322. The summed E-state index contributed by atoms with van der Waals surface area (Å²) in [5, 5.41) is 10.1. The van der Waals surface area contributed by atoms with E-state index in [4.69, 9.17) is 41.7 Å². The van der Waals surface area contributed by atoms with Gasteiger partial charge in [0.2, 0.25) is 0 Å². The van der Waals surface area contributed by atoms with Crippen LogP contribution in [0.25, 0.3) is 0 Å². The third kappa shape index (κ3) is 7.93. The molecule has 0 aromatic carbocycles. The molecule has 2 unspecified atom stereocenters. The van der Waals surface area contributed by atoms with Crippen molar-refractivity contribution in [3.63, 3.8) is 0 Å². The lowest BCUT2D eigenvalue weighted by Gasteiger charge is -2.37. The molecule has 134 valence electrons. The van der Waals surface area contributed by atoms with Crippen LogP contribution in [-0.4, -0.2) is 54.9 Å². The highest BCUT2D eigenvalue weighted by molar-refractivity contribution is 7.54. The Labute approximate surface area is 142 Å². The summed E-state index contributed by atoms with van der Waals surface area (Å²) in [6.07, 6.45) is 0.143. The van der Waals surface area contributed by atoms with Crippen molar-refractivity contribution in [1.29, 1.82) is 0 Å². The molecular weight excluding hydrogens is 354 g/mol. The first-order valence-corrected chi connectivity index (χ1v) is 10.2. The van der Waals surface area contributed by atoms with Crippen LogP contribution in [0, 0.1) is 0 Å². The number of hydrogen-bond donors (Lipinski definition) is 1. The zero-order chi connectivity index (χ0) is 17.1. The lowest BCUT2D eigenvalue weighted by atomic mass is 10.3. The van der Waals surface area contributed by atoms with Crippen LogP contribution in [0.15, 0.2) is 0 Å². The standard InChI is InChI=1S/C13H27Cl2O6P/c1-4-8-18-13(12(3)16,19-9-5-2)21-22(17,11-7-15)20-10-6-14/h12,16H,4-11H2,1-3H3. The second kappa shape index (κ2) is 12.0. The Morgan fingerprint density at radius 1 is 1.09 bits per heavy atom. The van der Waals surface area contributed by atoms with Gasteiger partial charge in [-0.25, -0.2) is 4.52 Å². The number of hydrogen-bond acceptors (Lipinski definition) is 6. The number of ether oxygens (including phenoxy) is 2. The van der Waals surface area contributed by atoms with E-state index in [9.17, 15) is 9.67 Å². The van der Waals surface area contributed by atoms with Gasteiger partial charge in [-0.05, 0) is 19.8 Å². The summed E-state index contributed by atoms with van der Waals surface area (Å²) < 4.78 is 34.6. The summed E-state index contributed by atoms with van der Waals surface area (Å²) in [5.41, 5.74) is 0. The highest BCUT2D eigenvalue weighted by atomic mass is 35.5. The number of aliphatic hydroxyl groups is 1. The van der Waals surface area contributed by atoms with Crippen molar-refractivity contribution in [1.82, 2.24) is 0 Å². The van der Waals surface area contributed by atoms with E-state index in [-0.39, 0.29) is 37.7 Å². The van der Waals surface area contributed by atoms with Crippen LogP contribution in [0.2, 0.25) is 0 Å². The molecule has 0 heterocycles. The molecular formula is C13H27Cl2O6P. The summed E-state index contributed by atoms with van der Waals surface area (Å²) in [5.74, 6) is -1.63. The summed E-state index contributed by atoms with van der Waals surface area (Å²) in [4.78, 5) is 0. The van der Waals surface area contributed by atoms with E-state index in [0.29, 0.717) is 12.8 Å². The maximum atomic E-state index is 12.8. The Balaban J connectivity index is 5.28. The van der Waals surface area contributed by atoms with Crippen molar-refractivity contribution < 1.29 is 28.2 Å². The maximum absolute atomic E-state index is 12.8. The third-order valence-corrected chi connectivity index (χ3v) is 5.00. The van der Waals surface area contributed by atoms with Crippen LogP contribution in [0.3, 0.4) is 0 Å². The van der Waals surface area contributed by atoms with Gasteiger partial charge < -0.3 is 19.1 Å². The van der Waals surface area contributed by atoms with E-state index >= 15 is 0 Å². The topological polar surface area (TPSA) is 74.2 Å². The van der Waals surface area contributed by atoms with E-state index < -0.39 is 19.7 Å². The molecule has 2 atom stereocenters. The fraction of sp³-hybridized carbons (Fsp3) is 1.00. The fourth-order valence-corrected chi connectivity index (χ4v) is 3.81. The average Bonchev–Trinajstić information content (AvgIpc) is 2.48. The summed E-state index contributed by atoms with van der Waals surface area (Å²) >= 11 is 11.2. The quantitative estimate of drug-likeness (QED) is 0.282. The highest BCUT2D eigenvalue weighted by Crippen LogP contribution is 2.52. The van der Waals surface area contributed by atoms with Gasteiger partial charge in [-0.15, -0.1) is 23.2 Å². The number of alkyl halides is 2. The largest absolute Gasteiger partial charge is 0.385 e. The minimum absolute atomic E-state index is 0.0349. The third-order valence-electron chi connectivity index (χ3n) is 2.52. The molecule has 22 heavy (non-hydrogen) atoms. The second-order valence-corrected chi connectivity index (χ2v) is 7.48. The molecule has 0 aliphatic rings. The van der Waals surface area contributed by atoms with Crippen LogP contribution < -0.4 is 0 Å². The number of rotatable bonds is 14. The number of halogens is 2. The second-order valence-electron chi connectivity index (χ2n) is 4.61. The predicted octanol–water partition coefficient (Wildman–Crippen LogP) is 3.58. The zero-order valence-electron chi connectivity index (χ0n) is 13.4. The first-order valence-electron chi connectivity index (χ1n) is 7.42. The minimum atomic E-state index is -3.62. The molecule has 0 aromatic rings. The van der Waals surface area contributed by atoms with Gasteiger partial charge in [-0.1, -0.05) is 13.8 Å². The first-order chi connectivity index (χ1) is 10.4. The molecule has 0 rings (SSSR count). The van der Waals surface area contributed by atoms with Crippen molar-refractivity contribution >= 4 is 30.8 Å². The Morgan fingerprint density at radius 3 is 2.00 bits per heavy atom. The molecule has 0 aliphatic heterocycles. The van der Waals surface area contributed by atoms with Crippen LogP contribution in [0.5, 0.6) is 0 Å². The van der Waals surface area contributed by atoms with Gasteiger partial charge in [0.25, 0.3) is 0 Å². The van der Waals surface area contributed by atoms with Crippen LogP contribution in [0.4, 0.5) is 0 Å². The predicted molar refractivity (Wildman–Crippen MR) is 87.8 cm³/mol. The highest BCUT2D eigenvalue weighted by Gasteiger charge is 2.46. The van der Waals surface area contributed by atoms with Crippen LogP contribution in [0.1, 0.15) is 33.6 Å². The van der Waals surface area contributed by atoms with Gasteiger partial charge >= 0.3 is 13.6 Å². The van der Waals surface area contributed by atoms with E-state index in [1.54, 1.807) is 0 Å². The summed E-state index contributed by atoms with van der Waals surface area (Å²) in [6.45, 7) is 5.81. The average molecular weight is 381 g/mol. The molecule has 0 aromatic heterocycles. The first kappa shape index (κ1) is 22.6. The summed E-state index contributed by atoms with van der Waals surface area (Å²) in [7, 11) is -3.62. The van der Waals surface area contributed by atoms with Crippen molar-refractivity contribution in [2.45, 2.75) is 45.7 Å². The number of aliphatic hydroxyl groups excluding tert-OH is 1. The zero-order valence-corrected chi connectivity index (χ0v) is 15.8. The molecule has 0 aliphatic carbocycles. The molecule has 9 heteroatoms. The summed E-state index contributed by atoms with van der Waals surface area (Å²) in [6, 6.07) is 0. The lowest BCUT2D eigenvalue weighted by molar-refractivity contribution is -0.379. The molecule has 0 amide bonds. The van der Waals surface area contributed by atoms with Gasteiger partial charge in [0.1, 0.15) is 6.10 Å². The Morgan fingerprint density at radius 2 is 1.64 bits per heavy atom. The van der Waals surface area contributed by atoms with Crippen molar-refractivity contribution in [2.75, 3.05) is 37.7 Å². The van der Waals surface area contributed by atoms with E-state index in [1.165, 1.54) is 6.92 Å². The SMILES string of the molecule is CCCOC(OCCC)(OP(=O)(CCCl)OCCCl)C(C)O. The monoisotopic (exact) mass is 380 g/mol. The van der Waals surface area contributed by atoms with Gasteiger partial charge in [-0.3, -0.25) is 4.57 Å². The van der Waals surface area contributed by atoms with Gasteiger partial charge in [0.05, 0.1) is 26.0 Å². The van der Waals surface area contributed by atoms with Crippen molar-refractivity contribution in [2.24, 2.45) is 0 Å². The van der Waals surface area contributed by atoms with E-state index in [1.807, 2.05) is 13.8 Å². The van der Waals surface area contributed by atoms with Crippen molar-refractivity contribution in [3.8, 4) is 0 Å². The van der Waals surface area contributed by atoms with E-state index in [2.05, 4.69) is 0 Å². The lowest BCUT2D eigenvalue weighted by Crippen LogP contribution is -2.48. The molecule has 0 fully saturated rings. The molecule has 0 saturated carbocycles. The normalized spacial score (nSPS) is 16.5.